The molecule has 6 heteroatoms. The minimum atomic E-state index is -0.998. The van der Waals surface area contributed by atoms with Gasteiger partial charge in [0, 0.05) is 24.6 Å². The summed E-state index contributed by atoms with van der Waals surface area (Å²) in [7, 11) is 0. The van der Waals surface area contributed by atoms with Crippen LogP contribution in [0.5, 0.6) is 0 Å². The van der Waals surface area contributed by atoms with Crippen molar-refractivity contribution in [3.63, 3.8) is 0 Å². The number of aliphatic hydroxyl groups excluding tert-OH is 1. The second-order valence-corrected chi connectivity index (χ2v) is 5.63. The Labute approximate surface area is 122 Å². The van der Waals surface area contributed by atoms with Crippen LogP contribution in [0.1, 0.15) is 24.5 Å². The maximum atomic E-state index is 13.7. The molecule has 1 aromatic carbocycles. The van der Waals surface area contributed by atoms with E-state index in [4.69, 9.17) is 9.47 Å². The van der Waals surface area contributed by atoms with Crippen molar-refractivity contribution in [3.8, 4) is 0 Å². The van der Waals surface area contributed by atoms with Gasteiger partial charge < -0.3 is 14.6 Å². The van der Waals surface area contributed by atoms with Gasteiger partial charge in [-0.1, -0.05) is 6.07 Å². The average Bonchev–Trinajstić information content (AvgIpc) is 2.86. The Morgan fingerprint density at radius 1 is 1.29 bits per heavy atom. The summed E-state index contributed by atoms with van der Waals surface area (Å²) >= 11 is 0. The Hall–Kier alpha value is -1.08. The summed E-state index contributed by atoms with van der Waals surface area (Å²) < 4.78 is 37.9. The number of nitrogens with zero attached hydrogens (tertiary/aromatic N) is 1. The first-order chi connectivity index (χ1) is 10.1. The van der Waals surface area contributed by atoms with Crippen LogP contribution in [-0.2, 0) is 9.47 Å². The molecule has 0 amide bonds. The van der Waals surface area contributed by atoms with Crippen molar-refractivity contribution in [2.75, 3.05) is 32.8 Å². The lowest BCUT2D eigenvalue weighted by molar-refractivity contribution is -0.191. The van der Waals surface area contributed by atoms with Gasteiger partial charge in [-0.2, -0.15) is 0 Å². The summed E-state index contributed by atoms with van der Waals surface area (Å²) in [4.78, 5) is 2.00. The number of benzene rings is 1. The summed E-state index contributed by atoms with van der Waals surface area (Å²) in [5.41, 5.74) is 0.115. The van der Waals surface area contributed by atoms with Crippen LogP contribution < -0.4 is 0 Å². The van der Waals surface area contributed by atoms with E-state index in [1.807, 2.05) is 4.90 Å². The molecule has 1 N–H and O–H groups in total. The first-order valence-electron chi connectivity index (χ1n) is 7.21. The van der Waals surface area contributed by atoms with Crippen LogP contribution in [0, 0.1) is 11.6 Å². The number of likely N-dealkylation sites (tertiary alicyclic amines) is 1. The van der Waals surface area contributed by atoms with Crippen molar-refractivity contribution >= 4 is 0 Å². The van der Waals surface area contributed by atoms with Crippen LogP contribution in [0.25, 0.3) is 0 Å². The second kappa shape index (κ2) is 5.96. The molecular weight excluding hydrogens is 280 g/mol. The molecule has 21 heavy (non-hydrogen) atoms. The van der Waals surface area contributed by atoms with Crippen molar-refractivity contribution < 1.29 is 23.4 Å². The molecule has 0 aromatic heterocycles. The number of piperidine rings is 1. The molecule has 1 aromatic rings. The minimum absolute atomic E-state index is 0.115. The highest BCUT2D eigenvalue weighted by Gasteiger charge is 2.41. The molecule has 3 rings (SSSR count). The molecule has 0 saturated carbocycles. The normalized spacial score (nSPS) is 23.6. The largest absolute Gasteiger partial charge is 0.387 e. The Balaban J connectivity index is 1.65. The summed E-state index contributed by atoms with van der Waals surface area (Å²) in [6.07, 6.45) is 0.741. The number of β-amino-alcohol motifs (C(OH)–C–C–N with tert-alkyl or cyclic N) is 1. The molecule has 1 unspecified atom stereocenters. The van der Waals surface area contributed by atoms with Gasteiger partial charge in [0.05, 0.1) is 25.9 Å². The maximum absolute atomic E-state index is 13.7. The quantitative estimate of drug-likeness (QED) is 0.925. The molecule has 1 atom stereocenters. The first-order valence-corrected chi connectivity index (χ1v) is 7.21. The van der Waals surface area contributed by atoms with Gasteiger partial charge in [-0.3, -0.25) is 4.90 Å². The minimum Gasteiger partial charge on any atom is -0.387 e. The highest BCUT2D eigenvalue weighted by atomic mass is 19.1. The van der Waals surface area contributed by atoms with Gasteiger partial charge in [0.15, 0.2) is 5.79 Å². The predicted octanol–water partition coefficient (Wildman–Crippen LogP) is 1.84. The third-order valence-electron chi connectivity index (χ3n) is 4.06. The molecule has 2 aliphatic heterocycles. The fraction of sp³-hybridized carbons (Fsp3) is 0.600. The van der Waals surface area contributed by atoms with E-state index in [0.29, 0.717) is 19.8 Å². The molecule has 2 fully saturated rings. The fourth-order valence-corrected chi connectivity index (χ4v) is 3.07. The van der Waals surface area contributed by atoms with Gasteiger partial charge >= 0.3 is 0 Å². The number of rotatable bonds is 3. The van der Waals surface area contributed by atoms with Gasteiger partial charge in [0.2, 0.25) is 0 Å². The lowest BCUT2D eigenvalue weighted by Crippen LogP contribution is -2.49. The van der Waals surface area contributed by atoms with E-state index < -0.39 is 23.5 Å². The van der Waals surface area contributed by atoms with E-state index >= 15 is 0 Å². The molecule has 1 spiro atoms. The molecule has 4 nitrogen and oxygen atoms in total. The van der Waals surface area contributed by atoms with Gasteiger partial charge in [-0.25, -0.2) is 8.78 Å². The second-order valence-electron chi connectivity index (χ2n) is 5.63. The van der Waals surface area contributed by atoms with Gasteiger partial charge in [-0.15, -0.1) is 0 Å². The zero-order chi connectivity index (χ0) is 14.9. The molecule has 116 valence electrons. The van der Waals surface area contributed by atoms with E-state index in [-0.39, 0.29) is 12.1 Å². The molecular formula is C15H19F2NO3. The highest BCUT2D eigenvalue weighted by molar-refractivity contribution is 5.21. The average molecular weight is 299 g/mol. The molecule has 0 radical (unpaired) electrons. The number of halogens is 2. The Bertz CT molecular complexity index is 506. The molecule has 2 aliphatic rings. The smallest absolute Gasteiger partial charge is 0.181 e. The molecule has 2 heterocycles. The third kappa shape index (κ3) is 3.23. The Morgan fingerprint density at radius 2 is 2.05 bits per heavy atom. The Morgan fingerprint density at radius 3 is 2.76 bits per heavy atom. The number of ether oxygens (including phenoxy) is 2. The van der Waals surface area contributed by atoms with E-state index in [2.05, 4.69) is 0 Å². The summed E-state index contributed by atoms with van der Waals surface area (Å²) in [5.74, 6) is -1.94. The molecule has 2 saturated heterocycles. The van der Waals surface area contributed by atoms with Gasteiger partial charge in [0.1, 0.15) is 11.6 Å². The van der Waals surface area contributed by atoms with Crippen LogP contribution >= 0.6 is 0 Å². The summed E-state index contributed by atoms with van der Waals surface area (Å²) in [6, 6.07) is 3.24. The standard InChI is InChI=1S/C15H19F2NO3/c16-11-2-3-12(13(17)8-11)14(19)9-18-5-1-4-15(10-18)20-6-7-21-15/h2-3,8,14,19H,1,4-7,9-10H2. The van der Waals surface area contributed by atoms with Gasteiger partial charge in [0.25, 0.3) is 0 Å². The summed E-state index contributed by atoms with van der Waals surface area (Å²) in [5, 5.41) is 10.2. The monoisotopic (exact) mass is 299 g/mol. The fourth-order valence-electron chi connectivity index (χ4n) is 3.07. The zero-order valence-corrected chi connectivity index (χ0v) is 11.7. The van der Waals surface area contributed by atoms with Crippen LogP contribution in [0.2, 0.25) is 0 Å². The summed E-state index contributed by atoms with van der Waals surface area (Å²) in [6.45, 7) is 2.81. The maximum Gasteiger partial charge on any atom is 0.181 e. The molecule has 0 aliphatic carbocycles. The Kier molecular flexibility index (Phi) is 4.21. The van der Waals surface area contributed by atoms with Crippen molar-refractivity contribution in [1.29, 1.82) is 0 Å². The van der Waals surface area contributed by atoms with Crippen molar-refractivity contribution in [2.45, 2.75) is 24.7 Å². The van der Waals surface area contributed by atoms with E-state index in [1.54, 1.807) is 0 Å². The van der Waals surface area contributed by atoms with Crippen LogP contribution in [-0.4, -0.2) is 48.6 Å². The highest BCUT2D eigenvalue weighted by Crippen LogP contribution is 2.31. The lowest BCUT2D eigenvalue weighted by atomic mass is 10.0. The van der Waals surface area contributed by atoms with Gasteiger partial charge in [-0.05, 0) is 19.0 Å². The van der Waals surface area contributed by atoms with E-state index in [9.17, 15) is 13.9 Å². The van der Waals surface area contributed by atoms with Crippen LogP contribution in [0.15, 0.2) is 18.2 Å². The first kappa shape index (κ1) is 14.8. The third-order valence-corrected chi connectivity index (χ3v) is 4.06. The van der Waals surface area contributed by atoms with Crippen molar-refractivity contribution in [2.24, 2.45) is 0 Å². The topological polar surface area (TPSA) is 41.9 Å². The molecule has 0 bridgehead atoms. The van der Waals surface area contributed by atoms with E-state index in [1.165, 1.54) is 6.07 Å². The number of hydrogen-bond acceptors (Lipinski definition) is 4. The number of hydrogen-bond donors (Lipinski definition) is 1. The van der Waals surface area contributed by atoms with Crippen molar-refractivity contribution in [1.82, 2.24) is 4.90 Å². The lowest BCUT2D eigenvalue weighted by Gasteiger charge is -2.39. The number of aliphatic hydroxyl groups is 1. The SMILES string of the molecule is OC(CN1CCCC2(C1)OCCO2)c1ccc(F)cc1F. The van der Waals surface area contributed by atoms with Crippen LogP contribution in [0.3, 0.4) is 0 Å². The predicted molar refractivity (Wildman–Crippen MR) is 71.6 cm³/mol. The van der Waals surface area contributed by atoms with Crippen molar-refractivity contribution in [3.05, 3.63) is 35.4 Å². The van der Waals surface area contributed by atoms with E-state index in [0.717, 1.165) is 31.5 Å². The zero-order valence-electron chi connectivity index (χ0n) is 11.7. The van der Waals surface area contributed by atoms with Crippen LogP contribution in [0.4, 0.5) is 8.78 Å².